The minimum Gasteiger partial charge on any atom is -0.465 e. The fraction of sp³-hybridized carbons (Fsp3) is 0.600. The van der Waals surface area contributed by atoms with Gasteiger partial charge in [0.2, 0.25) is 0 Å². The SMILES string of the molecule is O=C(O)N1CCC2(CC1)CC(c1ccc(C(F)(F)F)cn1)CO2. The van der Waals surface area contributed by atoms with Gasteiger partial charge in [0.1, 0.15) is 0 Å². The lowest BCUT2D eigenvalue weighted by Gasteiger charge is -2.37. The molecular formula is C15H17F3N2O3. The Kier molecular flexibility index (Phi) is 3.95. The Morgan fingerprint density at radius 3 is 2.57 bits per heavy atom. The summed E-state index contributed by atoms with van der Waals surface area (Å²) in [5, 5.41) is 8.97. The fourth-order valence-corrected chi connectivity index (χ4v) is 3.30. The van der Waals surface area contributed by atoms with Crippen LogP contribution in [-0.2, 0) is 10.9 Å². The molecule has 1 atom stereocenters. The molecule has 2 aliphatic rings. The molecule has 2 aliphatic heterocycles. The summed E-state index contributed by atoms with van der Waals surface area (Å²) in [6.45, 7) is 1.25. The van der Waals surface area contributed by atoms with Crippen LogP contribution in [0.4, 0.5) is 18.0 Å². The van der Waals surface area contributed by atoms with Crippen molar-refractivity contribution >= 4 is 6.09 Å². The third-order valence-electron chi connectivity index (χ3n) is 4.69. The zero-order chi connectivity index (χ0) is 16.7. The van der Waals surface area contributed by atoms with Gasteiger partial charge in [0.15, 0.2) is 0 Å². The quantitative estimate of drug-likeness (QED) is 0.859. The molecule has 1 aromatic heterocycles. The van der Waals surface area contributed by atoms with Crippen molar-refractivity contribution in [1.29, 1.82) is 0 Å². The summed E-state index contributed by atoms with van der Waals surface area (Å²) in [5.41, 5.74) is -0.541. The lowest BCUT2D eigenvalue weighted by atomic mass is 9.84. The normalized spacial score (nSPS) is 24.1. The fourth-order valence-electron chi connectivity index (χ4n) is 3.30. The van der Waals surface area contributed by atoms with Crippen molar-refractivity contribution in [3.8, 4) is 0 Å². The number of likely N-dealkylation sites (tertiary alicyclic amines) is 1. The molecule has 0 radical (unpaired) electrons. The number of carboxylic acid groups (broad SMARTS) is 1. The lowest BCUT2D eigenvalue weighted by molar-refractivity contribution is -0.137. The largest absolute Gasteiger partial charge is 0.465 e. The van der Waals surface area contributed by atoms with E-state index in [9.17, 15) is 18.0 Å². The number of rotatable bonds is 1. The Morgan fingerprint density at radius 2 is 2.04 bits per heavy atom. The van der Waals surface area contributed by atoms with Crippen LogP contribution in [0.25, 0.3) is 0 Å². The summed E-state index contributed by atoms with van der Waals surface area (Å²) in [4.78, 5) is 16.2. The van der Waals surface area contributed by atoms with Gasteiger partial charge < -0.3 is 14.7 Å². The molecule has 0 bridgehead atoms. The molecule has 3 rings (SSSR count). The molecule has 0 saturated carbocycles. The molecule has 1 aromatic rings. The van der Waals surface area contributed by atoms with Gasteiger partial charge in [-0.05, 0) is 31.4 Å². The standard InChI is InChI=1S/C15H17F3N2O3/c16-15(17,18)11-1-2-12(19-8-11)10-7-14(23-9-10)3-5-20(6-4-14)13(21)22/h1-2,8,10H,3-7,9H2,(H,21,22). The minimum absolute atomic E-state index is 0.0475. The number of aromatic nitrogens is 1. The number of nitrogens with zero attached hydrogens (tertiary/aromatic N) is 2. The molecule has 2 fully saturated rings. The first-order chi connectivity index (χ1) is 10.8. The molecule has 8 heteroatoms. The monoisotopic (exact) mass is 330 g/mol. The first-order valence-corrected chi connectivity index (χ1v) is 7.44. The Labute approximate surface area is 131 Å². The molecular weight excluding hydrogens is 313 g/mol. The van der Waals surface area contributed by atoms with Gasteiger partial charge in [-0.3, -0.25) is 4.98 Å². The number of hydrogen-bond donors (Lipinski definition) is 1. The van der Waals surface area contributed by atoms with Crippen LogP contribution in [0.2, 0.25) is 0 Å². The van der Waals surface area contributed by atoms with E-state index in [0.717, 1.165) is 12.3 Å². The third kappa shape index (κ3) is 3.26. The van der Waals surface area contributed by atoms with E-state index in [0.29, 0.717) is 44.7 Å². The van der Waals surface area contributed by atoms with Crippen LogP contribution in [0.5, 0.6) is 0 Å². The first kappa shape index (κ1) is 16.0. The summed E-state index contributed by atoms with van der Waals surface area (Å²) < 4.78 is 43.6. The summed E-state index contributed by atoms with van der Waals surface area (Å²) in [5.74, 6) is -0.0475. The third-order valence-corrected chi connectivity index (χ3v) is 4.69. The van der Waals surface area contributed by atoms with Crippen LogP contribution in [-0.4, -0.2) is 46.4 Å². The van der Waals surface area contributed by atoms with Crippen molar-refractivity contribution in [3.63, 3.8) is 0 Å². The van der Waals surface area contributed by atoms with Crippen molar-refractivity contribution in [1.82, 2.24) is 9.88 Å². The highest BCUT2D eigenvalue weighted by molar-refractivity contribution is 5.65. The molecule has 0 aromatic carbocycles. The maximum absolute atomic E-state index is 12.6. The maximum Gasteiger partial charge on any atom is 0.417 e. The van der Waals surface area contributed by atoms with Crippen LogP contribution < -0.4 is 0 Å². The molecule has 1 spiro atoms. The van der Waals surface area contributed by atoms with Crippen LogP contribution in [0.1, 0.15) is 36.4 Å². The van der Waals surface area contributed by atoms with Crippen LogP contribution >= 0.6 is 0 Å². The van der Waals surface area contributed by atoms with Crippen molar-refractivity contribution in [3.05, 3.63) is 29.6 Å². The highest BCUT2D eigenvalue weighted by Gasteiger charge is 2.44. The van der Waals surface area contributed by atoms with Gasteiger partial charge in [-0.1, -0.05) is 0 Å². The van der Waals surface area contributed by atoms with Crippen LogP contribution in [0.15, 0.2) is 18.3 Å². The molecule has 5 nitrogen and oxygen atoms in total. The Bertz CT molecular complexity index is 581. The summed E-state index contributed by atoms with van der Waals surface area (Å²) >= 11 is 0. The van der Waals surface area contributed by atoms with E-state index in [2.05, 4.69) is 4.98 Å². The van der Waals surface area contributed by atoms with Gasteiger partial charge in [0, 0.05) is 30.9 Å². The number of alkyl halides is 3. The van der Waals surface area contributed by atoms with Gasteiger partial charge in [0.25, 0.3) is 0 Å². The zero-order valence-electron chi connectivity index (χ0n) is 12.3. The predicted molar refractivity (Wildman–Crippen MR) is 74.1 cm³/mol. The molecule has 1 amide bonds. The smallest absolute Gasteiger partial charge is 0.417 e. The van der Waals surface area contributed by atoms with Gasteiger partial charge in [-0.2, -0.15) is 13.2 Å². The Balaban J connectivity index is 1.65. The number of hydrogen-bond acceptors (Lipinski definition) is 3. The maximum atomic E-state index is 12.6. The van der Waals surface area contributed by atoms with Gasteiger partial charge in [-0.25, -0.2) is 4.79 Å². The second-order valence-corrected chi connectivity index (χ2v) is 6.13. The average Bonchev–Trinajstić information content (AvgIpc) is 2.91. The van der Waals surface area contributed by atoms with Crippen molar-refractivity contribution < 1.29 is 27.8 Å². The molecule has 126 valence electrons. The highest BCUT2D eigenvalue weighted by atomic mass is 19.4. The number of pyridine rings is 1. The van der Waals surface area contributed by atoms with Gasteiger partial charge in [0.05, 0.1) is 17.8 Å². The number of carbonyl (C=O) groups is 1. The average molecular weight is 330 g/mol. The van der Waals surface area contributed by atoms with Crippen molar-refractivity contribution in [2.75, 3.05) is 19.7 Å². The Hall–Kier alpha value is -1.83. The van der Waals surface area contributed by atoms with E-state index in [1.165, 1.54) is 11.0 Å². The van der Waals surface area contributed by atoms with E-state index in [4.69, 9.17) is 9.84 Å². The number of ether oxygens (including phenoxy) is 1. The zero-order valence-corrected chi connectivity index (χ0v) is 12.3. The van der Waals surface area contributed by atoms with Crippen LogP contribution in [0.3, 0.4) is 0 Å². The van der Waals surface area contributed by atoms with Gasteiger partial charge >= 0.3 is 12.3 Å². The molecule has 3 heterocycles. The Morgan fingerprint density at radius 1 is 1.35 bits per heavy atom. The lowest BCUT2D eigenvalue weighted by Crippen LogP contribution is -2.45. The summed E-state index contributed by atoms with van der Waals surface area (Å²) in [7, 11) is 0. The highest BCUT2D eigenvalue weighted by Crippen LogP contribution is 2.42. The van der Waals surface area contributed by atoms with Gasteiger partial charge in [-0.15, -0.1) is 0 Å². The van der Waals surface area contributed by atoms with Crippen molar-refractivity contribution in [2.24, 2.45) is 0 Å². The first-order valence-electron chi connectivity index (χ1n) is 7.44. The molecule has 1 unspecified atom stereocenters. The number of amides is 1. The van der Waals surface area contributed by atoms with Crippen molar-refractivity contribution in [2.45, 2.75) is 37.0 Å². The minimum atomic E-state index is -4.39. The number of halogens is 3. The molecule has 1 N–H and O–H groups in total. The van der Waals surface area contributed by atoms with E-state index >= 15 is 0 Å². The summed E-state index contributed by atoms with van der Waals surface area (Å²) in [6.07, 6.45) is -2.58. The van der Waals surface area contributed by atoms with Crippen LogP contribution in [0, 0.1) is 0 Å². The summed E-state index contributed by atoms with van der Waals surface area (Å²) in [6, 6.07) is 2.45. The molecule has 0 aliphatic carbocycles. The second kappa shape index (κ2) is 5.67. The topological polar surface area (TPSA) is 62.7 Å². The van der Waals surface area contributed by atoms with E-state index in [-0.39, 0.29) is 11.5 Å². The van der Waals surface area contributed by atoms with E-state index in [1.54, 1.807) is 0 Å². The number of piperidine rings is 1. The molecule has 23 heavy (non-hydrogen) atoms. The molecule has 2 saturated heterocycles. The van der Waals surface area contributed by atoms with E-state index < -0.39 is 17.8 Å². The predicted octanol–water partition coefficient (Wildman–Crippen LogP) is 3.12. The second-order valence-electron chi connectivity index (χ2n) is 6.13. The van der Waals surface area contributed by atoms with E-state index in [1.807, 2.05) is 0 Å².